The molecule has 2 amide bonds. The van der Waals surface area contributed by atoms with Gasteiger partial charge in [-0.3, -0.25) is 9.59 Å². The summed E-state index contributed by atoms with van der Waals surface area (Å²) in [6.07, 6.45) is 0. The molecule has 0 saturated carbocycles. The maximum Gasteiger partial charge on any atom is 0.269 e. The van der Waals surface area contributed by atoms with E-state index in [1.807, 2.05) is 19.1 Å². The van der Waals surface area contributed by atoms with Crippen molar-refractivity contribution in [2.24, 2.45) is 5.73 Å². The summed E-state index contributed by atoms with van der Waals surface area (Å²) in [5, 5.41) is 9.36. The molecule has 1 aromatic heterocycles. The molecule has 1 aromatic carbocycles. The van der Waals surface area contributed by atoms with Crippen LogP contribution in [-0.2, 0) is 4.79 Å². The second-order valence-corrected chi connectivity index (χ2v) is 5.82. The fourth-order valence-electron chi connectivity index (χ4n) is 1.98. The lowest BCUT2D eigenvalue weighted by atomic mass is 10.00. The van der Waals surface area contributed by atoms with E-state index in [9.17, 15) is 9.59 Å². The number of nitrogens with one attached hydrogen (secondary N) is 2. The molecule has 23 heavy (non-hydrogen) atoms. The Morgan fingerprint density at radius 2 is 2.00 bits per heavy atom. The average Bonchev–Trinajstić information content (AvgIpc) is 2.98. The van der Waals surface area contributed by atoms with Crippen LogP contribution in [0.4, 0.5) is 5.69 Å². The monoisotopic (exact) mass is 333 g/mol. The number of rotatable bonds is 6. The molecular formula is C15H19N5O2S. The van der Waals surface area contributed by atoms with Gasteiger partial charge in [-0.15, -0.1) is 5.10 Å². The van der Waals surface area contributed by atoms with Gasteiger partial charge in [0.05, 0.1) is 11.6 Å². The van der Waals surface area contributed by atoms with Crippen molar-refractivity contribution in [2.75, 3.05) is 18.4 Å². The third-order valence-corrected chi connectivity index (χ3v) is 4.19. The van der Waals surface area contributed by atoms with E-state index >= 15 is 0 Å². The highest BCUT2D eigenvalue weighted by atomic mass is 32.1. The Labute approximate surface area is 138 Å². The van der Waals surface area contributed by atoms with Crippen LogP contribution in [0.25, 0.3) is 0 Å². The van der Waals surface area contributed by atoms with E-state index in [2.05, 4.69) is 20.2 Å². The summed E-state index contributed by atoms with van der Waals surface area (Å²) < 4.78 is 3.74. The normalized spacial score (nSPS) is 11.8. The van der Waals surface area contributed by atoms with Crippen molar-refractivity contribution in [1.29, 1.82) is 0 Å². The van der Waals surface area contributed by atoms with Gasteiger partial charge in [0.15, 0.2) is 0 Å². The molecule has 4 N–H and O–H groups in total. The van der Waals surface area contributed by atoms with Crippen LogP contribution in [-0.4, -0.2) is 34.5 Å². The number of nitrogens with two attached hydrogens (primary N) is 1. The summed E-state index contributed by atoms with van der Waals surface area (Å²) in [6.45, 7) is 4.43. The largest absolute Gasteiger partial charge is 0.354 e. The van der Waals surface area contributed by atoms with E-state index in [1.54, 1.807) is 19.1 Å². The van der Waals surface area contributed by atoms with Crippen LogP contribution in [0.1, 0.15) is 33.8 Å². The number of carbonyl (C=O) groups is 2. The lowest BCUT2D eigenvalue weighted by Crippen LogP contribution is -2.32. The highest BCUT2D eigenvalue weighted by Gasteiger charge is 2.16. The van der Waals surface area contributed by atoms with Crippen LogP contribution in [0.15, 0.2) is 24.3 Å². The van der Waals surface area contributed by atoms with Gasteiger partial charge in [0.25, 0.3) is 5.91 Å². The minimum Gasteiger partial charge on any atom is -0.354 e. The van der Waals surface area contributed by atoms with Crippen LogP contribution >= 0.6 is 11.5 Å². The molecule has 0 fully saturated rings. The molecule has 0 saturated heterocycles. The average molecular weight is 333 g/mol. The number of hydrogen-bond acceptors (Lipinski definition) is 6. The molecule has 1 unspecified atom stereocenters. The Bertz CT molecular complexity index is 683. The quantitative estimate of drug-likeness (QED) is 0.737. The van der Waals surface area contributed by atoms with Crippen LogP contribution < -0.4 is 16.4 Å². The van der Waals surface area contributed by atoms with Crippen molar-refractivity contribution in [3.8, 4) is 0 Å². The van der Waals surface area contributed by atoms with Crippen LogP contribution in [0.2, 0.25) is 0 Å². The number of anilines is 1. The number of aromatic nitrogens is 2. The molecule has 0 aliphatic rings. The van der Waals surface area contributed by atoms with Crippen LogP contribution in [0, 0.1) is 6.92 Å². The Morgan fingerprint density at radius 1 is 1.30 bits per heavy atom. The minimum absolute atomic E-state index is 0.0707. The van der Waals surface area contributed by atoms with Gasteiger partial charge in [0.1, 0.15) is 4.88 Å². The molecule has 0 radical (unpaired) electrons. The van der Waals surface area contributed by atoms with Crippen molar-refractivity contribution in [3.05, 3.63) is 40.4 Å². The number of nitrogens with zero attached hydrogens (tertiary/aromatic N) is 2. The molecule has 1 atom stereocenters. The van der Waals surface area contributed by atoms with E-state index in [1.165, 1.54) is 0 Å². The lowest BCUT2D eigenvalue weighted by molar-refractivity contribution is -0.122. The fourth-order valence-corrected chi connectivity index (χ4v) is 2.53. The molecule has 122 valence electrons. The Balaban J connectivity index is 2.00. The van der Waals surface area contributed by atoms with E-state index in [4.69, 9.17) is 5.73 Å². The third-order valence-electron chi connectivity index (χ3n) is 3.36. The van der Waals surface area contributed by atoms with Gasteiger partial charge in [-0.05, 0) is 43.1 Å². The maximum atomic E-state index is 12.1. The third kappa shape index (κ3) is 4.33. The van der Waals surface area contributed by atoms with E-state index in [-0.39, 0.29) is 17.7 Å². The minimum atomic E-state index is -0.278. The summed E-state index contributed by atoms with van der Waals surface area (Å²) in [7, 11) is 0. The number of carbonyl (C=O) groups excluding carboxylic acids is 2. The zero-order chi connectivity index (χ0) is 16.8. The topological polar surface area (TPSA) is 110 Å². The number of hydrogen-bond donors (Lipinski definition) is 3. The maximum absolute atomic E-state index is 12.1. The molecule has 0 spiro atoms. The zero-order valence-electron chi connectivity index (χ0n) is 13.0. The first-order chi connectivity index (χ1) is 11.0. The molecule has 1 heterocycles. The zero-order valence-corrected chi connectivity index (χ0v) is 13.8. The van der Waals surface area contributed by atoms with E-state index < -0.39 is 0 Å². The van der Waals surface area contributed by atoms with E-state index in [0.29, 0.717) is 29.3 Å². The predicted molar refractivity (Wildman–Crippen MR) is 89.5 cm³/mol. The SMILES string of the molecule is Cc1nnsc1C(=O)Nc1ccc(C(C)C(=O)NCCN)cc1. The number of amides is 2. The van der Waals surface area contributed by atoms with E-state index in [0.717, 1.165) is 17.1 Å². The Morgan fingerprint density at radius 3 is 2.57 bits per heavy atom. The number of benzene rings is 1. The summed E-state index contributed by atoms with van der Waals surface area (Å²) in [4.78, 5) is 24.5. The van der Waals surface area contributed by atoms with Crippen LogP contribution in [0.3, 0.4) is 0 Å². The van der Waals surface area contributed by atoms with Gasteiger partial charge in [-0.25, -0.2) is 0 Å². The van der Waals surface area contributed by atoms with Crippen molar-refractivity contribution in [3.63, 3.8) is 0 Å². The molecule has 0 bridgehead atoms. The predicted octanol–water partition coefficient (Wildman–Crippen LogP) is 1.28. The van der Waals surface area contributed by atoms with Gasteiger partial charge in [-0.1, -0.05) is 16.6 Å². The second kappa shape index (κ2) is 7.80. The second-order valence-electron chi connectivity index (χ2n) is 5.06. The Hall–Kier alpha value is -2.32. The van der Waals surface area contributed by atoms with Crippen molar-refractivity contribution < 1.29 is 9.59 Å². The molecular weight excluding hydrogens is 314 g/mol. The van der Waals surface area contributed by atoms with Crippen LogP contribution in [0.5, 0.6) is 0 Å². The van der Waals surface area contributed by atoms with Crippen molar-refractivity contribution >= 4 is 29.0 Å². The number of aryl methyl sites for hydroxylation is 1. The smallest absolute Gasteiger partial charge is 0.269 e. The van der Waals surface area contributed by atoms with Gasteiger partial charge >= 0.3 is 0 Å². The van der Waals surface area contributed by atoms with Gasteiger partial charge < -0.3 is 16.4 Å². The first-order valence-electron chi connectivity index (χ1n) is 7.21. The van der Waals surface area contributed by atoms with Gasteiger partial charge in [0.2, 0.25) is 5.91 Å². The highest BCUT2D eigenvalue weighted by Crippen LogP contribution is 2.19. The molecule has 2 rings (SSSR count). The Kier molecular flexibility index (Phi) is 5.78. The van der Waals surface area contributed by atoms with Gasteiger partial charge in [-0.2, -0.15) is 0 Å². The molecule has 8 heteroatoms. The standard InChI is InChI=1S/C15H19N5O2S/c1-9(14(21)17-8-7-16)11-3-5-12(6-4-11)18-15(22)13-10(2)19-20-23-13/h3-6,9H,7-8,16H2,1-2H3,(H,17,21)(H,18,22). The van der Waals surface area contributed by atoms with Crippen molar-refractivity contribution in [1.82, 2.24) is 14.9 Å². The molecule has 2 aromatic rings. The molecule has 7 nitrogen and oxygen atoms in total. The summed E-state index contributed by atoms with van der Waals surface area (Å²) in [5.74, 6) is -0.586. The summed E-state index contributed by atoms with van der Waals surface area (Å²) >= 11 is 1.06. The molecule has 0 aliphatic heterocycles. The summed E-state index contributed by atoms with van der Waals surface area (Å²) in [6, 6.07) is 7.17. The molecule has 0 aliphatic carbocycles. The first-order valence-corrected chi connectivity index (χ1v) is 7.98. The fraction of sp³-hybridized carbons (Fsp3) is 0.333. The van der Waals surface area contributed by atoms with Gasteiger partial charge in [0, 0.05) is 18.8 Å². The summed E-state index contributed by atoms with van der Waals surface area (Å²) in [5.41, 5.74) is 7.50. The highest BCUT2D eigenvalue weighted by molar-refractivity contribution is 7.08. The lowest BCUT2D eigenvalue weighted by Gasteiger charge is -2.13. The first kappa shape index (κ1) is 17.0. The van der Waals surface area contributed by atoms with Crippen molar-refractivity contribution in [2.45, 2.75) is 19.8 Å².